The highest BCUT2D eigenvalue weighted by molar-refractivity contribution is 6.07. The van der Waals surface area contributed by atoms with Gasteiger partial charge < -0.3 is 0 Å². The fourth-order valence-electron chi connectivity index (χ4n) is 1.19. The highest BCUT2D eigenvalue weighted by Gasteiger charge is 2.49. The Morgan fingerprint density at radius 1 is 1.27 bits per heavy atom. The molecule has 0 amide bonds. The zero-order valence-electron chi connectivity index (χ0n) is 7.28. The number of rotatable bonds is 1. The second kappa shape index (κ2) is 2.98. The first-order chi connectivity index (χ1) is 7.04. The minimum Gasteiger partial charge on any atom is -0.192 e. The van der Waals surface area contributed by atoms with E-state index >= 15 is 0 Å². The molecular formula is C9H4F3N3. The van der Waals surface area contributed by atoms with Gasteiger partial charge in [-0.1, -0.05) is 12.1 Å². The molecule has 1 aliphatic rings. The Morgan fingerprint density at radius 3 is 2.47 bits per heavy atom. The van der Waals surface area contributed by atoms with Crippen molar-refractivity contribution in [1.82, 2.24) is 5.01 Å². The minimum absolute atomic E-state index is 0.0524. The third-order valence-electron chi connectivity index (χ3n) is 1.88. The summed E-state index contributed by atoms with van der Waals surface area (Å²) in [6.07, 6.45) is -4.50. The molecule has 1 aromatic carbocycles. The quantitative estimate of drug-likeness (QED) is 0.667. The standard InChI is InChI=1S/C9H4F3N3/c10-9(11,12)15-8(14-15)7-4-2-1-3-6(7)5-13/h1-4H. The van der Waals surface area contributed by atoms with Crippen molar-refractivity contribution in [2.24, 2.45) is 5.10 Å². The lowest BCUT2D eigenvalue weighted by molar-refractivity contribution is -0.201. The molecule has 0 aliphatic carbocycles. The second-order valence-corrected chi connectivity index (χ2v) is 2.86. The molecule has 1 aliphatic heterocycles. The van der Waals surface area contributed by atoms with Crippen molar-refractivity contribution in [2.75, 3.05) is 0 Å². The van der Waals surface area contributed by atoms with Crippen LogP contribution in [0.25, 0.3) is 0 Å². The van der Waals surface area contributed by atoms with Crippen LogP contribution in [0.3, 0.4) is 0 Å². The number of nitrogens with zero attached hydrogens (tertiary/aromatic N) is 3. The molecule has 0 saturated carbocycles. The predicted octanol–water partition coefficient (Wildman–Crippen LogP) is 2.06. The molecule has 6 heteroatoms. The van der Waals surface area contributed by atoms with E-state index in [1.165, 1.54) is 12.1 Å². The number of amidine groups is 1. The van der Waals surface area contributed by atoms with Crippen molar-refractivity contribution < 1.29 is 13.2 Å². The SMILES string of the molecule is N#Cc1ccccc1C1=NN1C(F)(F)F. The Kier molecular flexibility index (Phi) is 1.89. The molecule has 0 fully saturated rings. The normalized spacial score (nSPS) is 14.5. The van der Waals surface area contributed by atoms with Crippen LogP contribution in [0, 0.1) is 11.3 Å². The van der Waals surface area contributed by atoms with Crippen LogP contribution < -0.4 is 0 Å². The Balaban J connectivity index is 2.28. The molecule has 76 valence electrons. The van der Waals surface area contributed by atoms with Crippen LogP contribution in [-0.4, -0.2) is 17.1 Å². The summed E-state index contributed by atoms with van der Waals surface area (Å²) in [6, 6.07) is 7.84. The van der Waals surface area contributed by atoms with Crippen molar-refractivity contribution in [3.05, 3.63) is 35.4 Å². The molecule has 0 aromatic heterocycles. The lowest BCUT2D eigenvalue weighted by Crippen LogP contribution is -2.25. The minimum atomic E-state index is -4.50. The molecule has 0 spiro atoms. The van der Waals surface area contributed by atoms with Crippen molar-refractivity contribution in [3.63, 3.8) is 0 Å². The Labute approximate surface area is 83.0 Å². The number of nitriles is 1. The topological polar surface area (TPSA) is 39.2 Å². The number of alkyl halides is 3. The fraction of sp³-hybridized carbons (Fsp3) is 0.111. The van der Waals surface area contributed by atoms with Gasteiger partial charge in [0.1, 0.15) is 0 Å². The van der Waals surface area contributed by atoms with Crippen molar-refractivity contribution in [3.8, 4) is 6.07 Å². The molecule has 1 heterocycles. The zero-order valence-corrected chi connectivity index (χ0v) is 7.28. The molecule has 1 aromatic rings. The van der Waals surface area contributed by atoms with Gasteiger partial charge in [0.05, 0.1) is 11.6 Å². The van der Waals surface area contributed by atoms with E-state index in [0.29, 0.717) is 0 Å². The third kappa shape index (κ3) is 1.64. The van der Waals surface area contributed by atoms with E-state index in [2.05, 4.69) is 5.10 Å². The van der Waals surface area contributed by atoms with Gasteiger partial charge >= 0.3 is 6.30 Å². The number of hydrazone groups is 1. The summed E-state index contributed by atoms with van der Waals surface area (Å²) in [5.41, 5.74) is 0.389. The predicted molar refractivity (Wildman–Crippen MR) is 45.6 cm³/mol. The number of halogens is 3. The van der Waals surface area contributed by atoms with E-state index in [1.807, 2.05) is 6.07 Å². The maximum absolute atomic E-state index is 12.1. The van der Waals surface area contributed by atoms with Gasteiger partial charge in [0.2, 0.25) is 0 Å². The van der Waals surface area contributed by atoms with Crippen molar-refractivity contribution in [2.45, 2.75) is 6.30 Å². The molecule has 0 atom stereocenters. The number of benzene rings is 1. The molecule has 15 heavy (non-hydrogen) atoms. The third-order valence-corrected chi connectivity index (χ3v) is 1.88. The van der Waals surface area contributed by atoms with Gasteiger partial charge in [-0.25, -0.2) is 0 Å². The summed E-state index contributed by atoms with van der Waals surface area (Å²) in [5.74, 6) is -0.209. The molecule has 3 nitrogen and oxygen atoms in total. The Morgan fingerprint density at radius 2 is 1.93 bits per heavy atom. The van der Waals surface area contributed by atoms with Crippen LogP contribution in [0.2, 0.25) is 0 Å². The number of hydrogen-bond acceptors (Lipinski definition) is 3. The molecule has 2 rings (SSSR count). The van der Waals surface area contributed by atoms with Gasteiger partial charge in [0.25, 0.3) is 0 Å². The van der Waals surface area contributed by atoms with Crippen LogP contribution in [0.5, 0.6) is 0 Å². The highest BCUT2D eigenvalue weighted by Crippen LogP contribution is 2.33. The second-order valence-electron chi connectivity index (χ2n) is 2.86. The van der Waals surface area contributed by atoms with Crippen LogP contribution >= 0.6 is 0 Å². The van der Waals surface area contributed by atoms with E-state index in [0.717, 1.165) is 0 Å². The maximum Gasteiger partial charge on any atom is 0.506 e. The zero-order chi connectivity index (χ0) is 11.1. The molecule has 0 radical (unpaired) electrons. The van der Waals surface area contributed by atoms with E-state index in [9.17, 15) is 13.2 Å². The Bertz CT molecular complexity index is 470. The molecule has 0 saturated heterocycles. The molecule has 0 N–H and O–H groups in total. The summed E-state index contributed by atoms with van der Waals surface area (Å²) in [6.45, 7) is 0. The maximum atomic E-state index is 12.1. The summed E-state index contributed by atoms with van der Waals surface area (Å²) in [7, 11) is 0. The molecule has 0 bridgehead atoms. The highest BCUT2D eigenvalue weighted by atomic mass is 19.4. The van der Waals surface area contributed by atoms with E-state index in [4.69, 9.17) is 5.26 Å². The van der Waals surface area contributed by atoms with Gasteiger partial charge in [0, 0.05) is 5.56 Å². The molecule has 0 unspecified atom stereocenters. The average molecular weight is 211 g/mol. The largest absolute Gasteiger partial charge is 0.506 e. The summed E-state index contributed by atoms with van der Waals surface area (Å²) in [5, 5.41) is 11.8. The van der Waals surface area contributed by atoms with Gasteiger partial charge in [-0.05, 0) is 12.1 Å². The van der Waals surface area contributed by atoms with Gasteiger partial charge in [-0.3, -0.25) is 0 Å². The number of hydrogen-bond donors (Lipinski definition) is 0. The summed E-state index contributed by atoms with van der Waals surface area (Å²) in [4.78, 5) is 0. The first-order valence-electron chi connectivity index (χ1n) is 3.99. The monoisotopic (exact) mass is 211 g/mol. The lowest BCUT2D eigenvalue weighted by Gasteiger charge is -2.06. The van der Waals surface area contributed by atoms with E-state index in [-0.39, 0.29) is 22.0 Å². The first-order valence-corrected chi connectivity index (χ1v) is 3.99. The van der Waals surface area contributed by atoms with Crippen LogP contribution in [0.15, 0.2) is 29.4 Å². The van der Waals surface area contributed by atoms with E-state index < -0.39 is 6.30 Å². The van der Waals surface area contributed by atoms with Crippen LogP contribution in [0.1, 0.15) is 11.1 Å². The van der Waals surface area contributed by atoms with E-state index in [1.54, 1.807) is 12.1 Å². The van der Waals surface area contributed by atoms with Crippen LogP contribution in [0.4, 0.5) is 13.2 Å². The molecular weight excluding hydrogens is 207 g/mol. The smallest absolute Gasteiger partial charge is 0.192 e. The average Bonchev–Trinajstić information content (AvgIpc) is 2.96. The lowest BCUT2D eigenvalue weighted by atomic mass is 10.1. The van der Waals surface area contributed by atoms with Crippen molar-refractivity contribution in [1.29, 1.82) is 5.26 Å². The first kappa shape index (κ1) is 9.52. The van der Waals surface area contributed by atoms with Gasteiger partial charge in [-0.15, -0.1) is 23.3 Å². The van der Waals surface area contributed by atoms with Crippen molar-refractivity contribution >= 4 is 5.84 Å². The van der Waals surface area contributed by atoms with Gasteiger partial charge in [0.15, 0.2) is 5.84 Å². The fourth-order valence-corrected chi connectivity index (χ4v) is 1.19. The summed E-state index contributed by atoms with van der Waals surface area (Å²) >= 11 is 0. The van der Waals surface area contributed by atoms with Crippen LogP contribution in [-0.2, 0) is 0 Å². The Hall–Kier alpha value is -2.03. The van der Waals surface area contributed by atoms with Gasteiger partial charge in [-0.2, -0.15) is 5.26 Å². The summed E-state index contributed by atoms with van der Waals surface area (Å²) < 4.78 is 36.4.